The molecule has 186 valence electrons. The van der Waals surface area contributed by atoms with E-state index in [2.05, 4.69) is 55.5 Å². The van der Waals surface area contributed by atoms with Crippen molar-refractivity contribution in [3.63, 3.8) is 0 Å². The van der Waals surface area contributed by atoms with Gasteiger partial charge in [-0.05, 0) is 73.3 Å². The minimum absolute atomic E-state index is 0.143. The molecule has 1 saturated carbocycles. The molecule has 0 bridgehead atoms. The van der Waals surface area contributed by atoms with Crippen LogP contribution in [0.1, 0.15) is 96.0 Å². The fraction of sp³-hybridized carbons (Fsp3) is 0.567. The highest BCUT2D eigenvalue weighted by Crippen LogP contribution is 2.35. The number of unbranched alkanes of at least 4 members (excludes halogenated alkanes) is 4. The Labute approximate surface area is 205 Å². The van der Waals surface area contributed by atoms with Gasteiger partial charge in [-0.2, -0.15) is 0 Å². The van der Waals surface area contributed by atoms with Crippen molar-refractivity contribution in [2.24, 2.45) is 0 Å². The molecule has 1 aliphatic carbocycles. The summed E-state index contributed by atoms with van der Waals surface area (Å²) >= 11 is 0. The van der Waals surface area contributed by atoms with Crippen molar-refractivity contribution < 1.29 is 18.7 Å². The van der Waals surface area contributed by atoms with Crippen LogP contribution in [0.3, 0.4) is 0 Å². The van der Waals surface area contributed by atoms with E-state index in [9.17, 15) is 9.18 Å². The molecular formula is C30H41FO3. The highest BCUT2D eigenvalue weighted by molar-refractivity contribution is 5.74. The molecule has 2 aromatic carbocycles. The number of halogens is 1. The molecule has 3 rings (SSSR count). The molecule has 0 amide bonds. The second-order valence-electron chi connectivity index (χ2n) is 9.58. The molecule has 1 aliphatic rings. The molecule has 3 nitrogen and oxygen atoms in total. The smallest absolute Gasteiger partial charge is 0.340 e. The molecule has 0 saturated heterocycles. The van der Waals surface area contributed by atoms with Crippen LogP contribution in [0.2, 0.25) is 0 Å². The first kappa shape index (κ1) is 26.2. The molecule has 0 unspecified atom stereocenters. The van der Waals surface area contributed by atoms with Crippen molar-refractivity contribution in [2.75, 3.05) is 6.61 Å². The molecule has 0 aromatic heterocycles. The molecule has 0 spiro atoms. The van der Waals surface area contributed by atoms with Gasteiger partial charge in [0.2, 0.25) is 0 Å². The summed E-state index contributed by atoms with van der Waals surface area (Å²) in [5, 5.41) is 0. The second-order valence-corrected chi connectivity index (χ2v) is 9.58. The van der Waals surface area contributed by atoms with Crippen molar-refractivity contribution in [1.82, 2.24) is 0 Å². The fourth-order valence-electron chi connectivity index (χ4n) is 4.66. The highest BCUT2D eigenvalue weighted by Gasteiger charge is 2.27. The van der Waals surface area contributed by atoms with E-state index in [-0.39, 0.29) is 12.5 Å². The van der Waals surface area contributed by atoms with Gasteiger partial charge in [-0.15, -0.1) is 0 Å². The van der Waals surface area contributed by atoms with E-state index in [4.69, 9.17) is 9.47 Å². The van der Waals surface area contributed by atoms with Crippen LogP contribution in [-0.4, -0.2) is 24.9 Å². The normalized spacial score (nSPS) is 18.9. The van der Waals surface area contributed by atoms with Crippen molar-refractivity contribution in [1.29, 1.82) is 0 Å². The summed E-state index contributed by atoms with van der Waals surface area (Å²) in [5.74, 6) is 0.724. The molecule has 1 fully saturated rings. The largest absolute Gasteiger partial charge is 0.494 e. The number of carbonyl (C=O) groups excluding carboxylic acids is 1. The van der Waals surface area contributed by atoms with Crippen molar-refractivity contribution in [3.8, 4) is 16.9 Å². The van der Waals surface area contributed by atoms with Crippen LogP contribution in [0.5, 0.6) is 5.75 Å². The number of benzene rings is 2. The van der Waals surface area contributed by atoms with Crippen LogP contribution in [0, 0.1) is 0 Å². The number of hydrogen-bond donors (Lipinski definition) is 0. The summed E-state index contributed by atoms with van der Waals surface area (Å²) in [5.41, 5.74) is 3.71. The molecule has 4 heteroatoms. The van der Waals surface area contributed by atoms with Gasteiger partial charge in [0.1, 0.15) is 11.9 Å². The van der Waals surface area contributed by atoms with Gasteiger partial charge in [0.25, 0.3) is 0 Å². The maximum absolute atomic E-state index is 13.9. The number of ether oxygens (including phenoxy) is 2. The summed E-state index contributed by atoms with van der Waals surface area (Å²) in [6, 6.07) is 17.1. The van der Waals surface area contributed by atoms with Crippen LogP contribution in [-0.2, 0) is 9.53 Å². The topological polar surface area (TPSA) is 35.5 Å². The van der Waals surface area contributed by atoms with E-state index in [1.54, 1.807) is 0 Å². The lowest BCUT2D eigenvalue weighted by Crippen LogP contribution is -2.28. The maximum atomic E-state index is 13.9. The van der Waals surface area contributed by atoms with Crippen LogP contribution in [0.25, 0.3) is 11.1 Å². The molecule has 1 atom stereocenters. The Hall–Kier alpha value is -2.36. The Balaban J connectivity index is 1.44. The average Bonchev–Trinajstić information content (AvgIpc) is 2.88. The first-order valence-electron chi connectivity index (χ1n) is 13.3. The van der Waals surface area contributed by atoms with E-state index in [1.807, 2.05) is 6.92 Å². The molecule has 0 radical (unpaired) electrons. The first-order chi connectivity index (χ1) is 16.6. The van der Waals surface area contributed by atoms with Crippen LogP contribution >= 0.6 is 0 Å². The van der Waals surface area contributed by atoms with Gasteiger partial charge in [0, 0.05) is 0 Å². The highest BCUT2D eigenvalue weighted by atomic mass is 19.1. The molecule has 0 N–H and O–H groups in total. The summed E-state index contributed by atoms with van der Waals surface area (Å²) in [6.07, 6.45) is 8.64. The lowest BCUT2D eigenvalue weighted by molar-refractivity contribution is -0.157. The predicted molar refractivity (Wildman–Crippen MR) is 137 cm³/mol. The Morgan fingerprint density at radius 3 is 2.09 bits per heavy atom. The fourth-order valence-corrected chi connectivity index (χ4v) is 4.66. The third kappa shape index (κ3) is 8.14. The van der Waals surface area contributed by atoms with Crippen LogP contribution < -0.4 is 4.74 Å². The Kier molecular flexibility index (Phi) is 10.9. The zero-order chi connectivity index (χ0) is 24.2. The minimum Gasteiger partial charge on any atom is -0.494 e. The standard InChI is InChI=1S/C30H41FO3/c1-3-5-7-8-22-33-27-18-14-25(15-19-27)23-10-12-24(13-11-23)26-16-20-28(21-17-26)34-30(32)29(31)9-6-4-2/h10-15,18-19,26,28-29H,3-9,16-17,20-22H2,1-2H3/t26?,28?,29-/m0/s1. The molecule has 0 heterocycles. The van der Waals surface area contributed by atoms with Crippen molar-refractivity contribution >= 4 is 5.97 Å². The van der Waals surface area contributed by atoms with Crippen LogP contribution in [0.4, 0.5) is 4.39 Å². The van der Waals surface area contributed by atoms with E-state index in [1.165, 1.54) is 36.0 Å². The van der Waals surface area contributed by atoms with Gasteiger partial charge in [-0.25, -0.2) is 9.18 Å². The van der Waals surface area contributed by atoms with Gasteiger partial charge >= 0.3 is 5.97 Å². The predicted octanol–water partition coefficient (Wildman–Crippen LogP) is 8.41. The third-order valence-corrected chi connectivity index (χ3v) is 6.86. The molecule has 0 aliphatic heterocycles. The Morgan fingerprint density at radius 1 is 0.853 bits per heavy atom. The maximum Gasteiger partial charge on any atom is 0.340 e. The average molecular weight is 469 g/mol. The van der Waals surface area contributed by atoms with Crippen LogP contribution in [0.15, 0.2) is 48.5 Å². The lowest BCUT2D eigenvalue weighted by Gasteiger charge is -2.29. The van der Waals surface area contributed by atoms with Gasteiger partial charge in [0.05, 0.1) is 6.61 Å². The van der Waals surface area contributed by atoms with E-state index in [0.29, 0.717) is 5.92 Å². The lowest BCUT2D eigenvalue weighted by atomic mass is 9.82. The number of esters is 1. The van der Waals surface area contributed by atoms with Gasteiger partial charge in [-0.3, -0.25) is 0 Å². The molecule has 34 heavy (non-hydrogen) atoms. The van der Waals surface area contributed by atoms with E-state index >= 15 is 0 Å². The zero-order valence-electron chi connectivity index (χ0n) is 20.9. The zero-order valence-corrected chi connectivity index (χ0v) is 20.9. The number of alkyl halides is 1. The van der Waals surface area contributed by atoms with E-state index in [0.717, 1.165) is 57.3 Å². The monoisotopic (exact) mass is 468 g/mol. The van der Waals surface area contributed by atoms with Crippen molar-refractivity contribution in [3.05, 3.63) is 54.1 Å². The summed E-state index contributed by atoms with van der Waals surface area (Å²) in [4.78, 5) is 11.9. The first-order valence-corrected chi connectivity index (χ1v) is 13.3. The number of carbonyl (C=O) groups is 1. The summed E-state index contributed by atoms with van der Waals surface area (Å²) < 4.78 is 25.2. The summed E-state index contributed by atoms with van der Waals surface area (Å²) in [7, 11) is 0. The van der Waals surface area contributed by atoms with Gasteiger partial charge in [0.15, 0.2) is 6.17 Å². The minimum atomic E-state index is -1.48. The van der Waals surface area contributed by atoms with Crippen molar-refractivity contribution in [2.45, 2.75) is 103 Å². The third-order valence-electron chi connectivity index (χ3n) is 6.86. The Morgan fingerprint density at radius 2 is 1.47 bits per heavy atom. The van der Waals surface area contributed by atoms with E-state index < -0.39 is 12.1 Å². The quantitative estimate of drug-likeness (QED) is 0.219. The van der Waals surface area contributed by atoms with Gasteiger partial charge in [-0.1, -0.05) is 82.3 Å². The molecular weight excluding hydrogens is 427 g/mol. The van der Waals surface area contributed by atoms with Gasteiger partial charge < -0.3 is 9.47 Å². The Bertz CT molecular complexity index is 838. The number of hydrogen-bond acceptors (Lipinski definition) is 3. The SMILES string of the molecule is CCCCCCOc1ccc(-c2ccc(C3CCC(OC(=O)[C@@H](F)CCCC)CC3)cc2)cc1. The second kappa shape index (κ2) is 14.1. The number of rotatable bonds is 13. The summed E-state index contributed by atoms with van der Waals surface area (Å²) in [6.45, 7) is 4.99. The molecule has 2 aromatic rings.